The van der Waals surface area contributed by atoms with Gasteiger partial charge in [0.2, 0.25) is 0 Å². The molecule has 6 heteroatoms. The van der Waals surface area contributed by atoms with E-state index in [1.807, 2.05) is 19.9 Å². The molecule has 0 atom stereocenters. The SMILES string of the molecule is CCNc1cc(C(=O)Nc2cc(C)ccc2Cl)c(Cl)cn1. The van der Waals surface area contributed by atoms with E-state index in [0.717, 1.165) is 5.56 Å². The predicted molar refractivity (Wildman–Crippen MR) is 87.6 cm³/mol. The highest BCUT2D eigenvalue weighted by Crippen LogP contribution is 2.25. The Hall–Kier alpha value is -1.78. The highest BCUT2D eigenvalue weighted by Gasteiger charge is 2.13. The van der Waals surface area contributed by atoms with Gasteiger partial charge in [0.15, 0.2) is 0 Å². The van der Waals surface area contributed by atoms with Crippen LogP contribution in [0.3, 0.4) is 0 Å². The molecule has 2 aromatic rings. The van der Waals surface area contributed by atoms with Crippen LogP contribution in [0.5, 0.6) is 0 Å². The van der Waals surface area contributed by atoms with Gasteiger partial charge in [-0.1, -0.05) is 29.3 Å². The largest absolute Gasteiger partial charge is 0.370 e. The van der Waals surface area contributed by atoms with E-state index in [-0.39, 0.29) is 10.9 Å². The molecule has 21 heavy (non-hydrogen) atoms. The minimum atomic E-state index is -0.325. The zero-order chi connectivity index (χ0) is 15.4. The number of hydrogen-bond acceptors (Lipinski definition) is 3. The maximum Gasteiger partial charge on any atom is 0.257 e. The molecule has 0 spiro atoms. The number of benzene rings is 1. The van der Waals surface area contributed by atoms with E-state index < -0.39 is 0 Å². The second kappa shape index (κ2) is 6.78. The summed E-state index contributed by atoms with van der Waals surface area (Å²) in [6, 6.07) is 7.04. The van der Waals surface area contributed by atoms with Crippen LogP contribution in [-0.4, -0.2) is 17.4 Å². The third-order valence-electron chi connectivity index (χ3n) is 2.83. The third-order valence-corrected chi connectivity index (χ3v) is 3.46. The Balaban J connectivity index is 2.27. The lowest BCUT2D eigenvalue weighted by Gasteiger charge is -2.10. The summed E-state index contributed by atoms with van der Waals surface area (Å²) in [6.07, 6.45) is 1.45. The molecule has 0 bridgehead atoms. The van der Waals surface area contributed by atoms with Gasteiger partial charge in [0.1, 0.15) is 5.82 Å². The van der Waals surface area contributed by atoms with Crippen molar-refractivity contribution >= 4 is 40.6 Å². The van der Waals surface area contributed by atoms with Crippen LogP contribution in [0.25, 0.3) is 0 Å². The molecule has 0 aliphatic carbocycles. The molecule has 0 aliphatic rings. The first kappa shape index (κ1) is 15.6. The topological polar surface area (TPSA) is 54.0 Å². The van der Waals surface area contributed by atoms with Crippen LogP contribution in [-0.2, 0) is 0 Å². The average molecular weight is 324 g/mol. The summed E-state index contributed by atoms with van der Waals surface area (Å²) in [5.41, 5.74) is 1.91. The molecule has 1 aromatic heterocycles. The number of pyridine rings is 1. The number of hydrogen-bond donors (Lipinski definition) is 2. The monoisotopic (exact) mass is 323 g/mol. The number of aromatic nitrogens is 1. The Morgan fingerprint density at radius 2 is 2.00 bits per heavy atom. The highest BCUT2D eigenvalue weighted by molar-refractivity contribution is 6.36. The van der Waals surface area contributed by atoms with Crippen molar-refractivity contribution in [1.82, 2.24) is 4.98 Å². The van der Waals surface area contributed by atoms with Crippen molar-refractivity contribution in [2.75, 3.05) is 17.2 Å². The first-order chi connectivity index (χ1) is 10.0. The lowest BCUT2D eigenvalue weighted by Crippen LogP contribution is -2.14. The summed E-state index contributed by atoms with van der Waals surface area (Å²) in [7, 11) is 0. The molecule has 0 fully saturated rings. The van der Waals surface area contributed by atoms with Crippen LogP contribution in [0.4, 0.5) is 11.5 Å². The molecule has 4 nitrogen and oxygen atoms in total. The van der Waals surface area contributed by atoms with Gasteiger partial charge in [-0.2, -0.15) is 0 Å². The molecular formula is C15H15Cl2N3O. The van der Waals surface area contributed by atoms with E-state index in [1.165, 1.54) is 6.20 Å². The Morgan fingerprint density at radius 3 is 2.71 bits per heavy atom. The molecular weight excluding hydrogens is 309 g/mol. The van der Waals surface area contributed by atoms with Crippen LogP contribution in [0, 0.1) is 6.92 Å². The molecule has 0 aliphatic heterocycles. The van der Waals surface area contributed by atoms with Crippen molar-refractivity contribution in [3.05, 3.63) is 51.6 Å². The lowest BCUT2D eigenvalue weighted by atomic mass is 10.2. The highest BCUT2D eigenvalue weighted by atomic mass is 35.5. The number of carbonyl (C=O) groups is 1. The number of halogens is 2. The summed E-state index contributed by atoms with van der Waals surface area (Å²) in [5, 5.41) is 6.57. The van der Waals surface area contributed by atoms with Gasteiger partial charge in [-0.15, -0.1) is 0 Å². The van der Waals surface area contributed by atoms with Gasteiger partial charge in [-0.3, -0.25) is 4.79 Å². The number of aryl methyl sites for hydroxylation is 1. The zero-order valence-corrected chi connectivity index (χ0v) is 13.2. The van der Waals surface area contributed by atoms with Gasteiger partial charge in [0.25, 0.3) is 5.91 Å². The standard InChI is InChI=1S/C15H15Cl2N3O/c1-3-18-14-7-10(12(17)8-19-14)15(21)20-13-6-9(2)4-5-11(13)16/h4-8H,3H2,1-2H3,(H,18,19)(H,20,21). The molecule has 0 saturated heterocycles. The second-order valence-electron chi connectivity index (χ2n) is 4.52. The minimum Gasteiger partial charge on any atom is -0.370 e. The molecule has 1 aromatic carbocycles. The number of carbonyl (C=O) groups excluding carboxylic acids is 1. The molecule has 110 valence electrons. The van der Waals surface area contributed by atoms with Crippen LogP contribution in [0.15, 0.2) is 30.5 Å². The van der Waals surface area contributed by atoms with Crippen molar-refractivity contribution in [2.24, 2.45) is 0 Å². The van der Waals surface area contributed by atoms with Gasteiger partial charge in [-0.25, -0.2) is 4.98 Å². The normalized spacial score (nSPS) is 10.3. The van der Waals surface area contributed by atoms with Crippen LogP contribution in [0.2, 0.25) is 10.0 Å². The number of rotatable bonds is 4. The summed E-state index contributed by atoms with van der Waals surface area (Å²) in [4.78, 5) is 16.4. The van der Waals surface area contributed by atoms with Gasteiger partial charge >= 0.3 is 0 Å². The Morgan fingerprint density at radius 1 is 1.24 bits per heavy atom. The first-order valence-electron chi connectivity index (χ1n) is 6.48. The van der Waals surface area contributed by atoms with Gasteiger partial charge < -0.3 is 10.6 Å². The van der Waals surface area contributed by atoms with E-state index in [4.69, 9.17) is 23.2 Å². The van der Waals surface area contributed by atoms with Crippen molar-refractivity contribution in [2.45, 2.75) is 13.8 Å². The molecule has 0 saturated carbocycles. The molecule has 0 unspecified atom stereocenters. The predicted octanol–water partition coefficient (Wildman–Crippen LogP) is 4.38. The van der Waals surface area contributed by atoms with Gasteiger partial charge in [0.05, 0.1) is 21.3 Å². The smallest absolute Gasteiger partial charge is 0.257 e. The Labute approximate surface area is 133 Å². The first-order valence-corrected chi connectivity index (χ1v) is 7.23. The molecule has 2 rings (SSSR count). The van der Waals surface area contributed by atoms with Gasteiger partial charge in [0, 0.05) is 12.7 Å². The zero-order valence-electron chi connectivity index (χ0n) is 11.7. The van der Waals surface area contributed by atoms with Crippen molar-refractivity contribution < 1.29 is 4.79 Å². The fourth-order valence-electron chi connectivity index (χ4n) is 1.82. The summed E-state index contributed by atoms with van der Waals surface area (Å²) in [5.74, 6) is 0.274. The van der Waals surface area contributed by atoms with E-state index in [0.29, 0.717) is 28.6 Å². The molecule has 0 radical (unpaired) electrons. The minimum absolute atomic E-state index is 0.290. The number of nitrogens with one attached hydrogen (secondary N) is 2. The molecule has 2 N–H and O–H groups in total. The lowest BCUT2D eigenvalue weighted by molar-refractivity contribution is 0.102. The van der Waals surface area contributed by atoms with E-state index in [1.54, 1.807) is 18.2 Å². The van der Waals surface area contributed by atoms with E-state index in [2.05, 4.69) is 15.6 Å². The summed E-state index contributed by atoms with van der Waals surface area (Å²) in [6.45, 7) is 4.58. The average Bonchev–Trinajstić information content (AvgIpc) is 2.45. The molecule has 1 amide bonds. The number of amides is 1. The van der Waals surface area contributed by atoms with Crippen molar-refractivity contribution in [3.8, 4) is 0 Å². The number of anilines is 2. The number of nitrogens with zero attached hydrogens (tertiary/aromatic N) is 1. The van der Waals surface area contributed by atoms with Crippen molar-refractivity contribution in [1.29, 1.82) is 0 Å². The summed E-state index contributed by atoms with van der Waals surface area (Å²) < 4.78 is 0. The molecule has 1 heterocycles. The summed E-state index contributed by atoms with van der Waals surface area (Å²) >= 11 is 12.1. The van der Waals surface area contributed by atoms with Gasteiger partial charge in [-0.05, 0) is 37.6 Å². The van der Waals surface area contributed by atoms with Crippen LogP contribution in [0.1, 0.15) is 22.8 Å². The van der Waals surface area contributed by atoms with Crippen LogP contribution >= 0.6 is 23.2 Å². The van der Waals surface area contributed by atoms with Crippen LogP contribution < -0.4 is 10.6 Å². The maximum absolute atomic E-state index is 12.3. The Kier molecular flexibility index (Phi) is 5.04. The maximum atomic E-state index is 12.3. The van der Waals surface area contributed by atoms with E-state index in [9.17, 15) is 4.79 Å². The fourth-order valence-corrected chi connectivity index (χ4v) is 2.17. The van der Waals surface area contributed by atoms with Crippen molar-refractivity contribution in [3.63, 3.8) is 0 Å². The second-order valence-corrected chi connectivity index (χ2v) is 5.33. The quantitative estimate of drug-likeness (QED) is 0.877. The third kappa shape index (κ3) is 3.86. The van der Waals surface area contributed by atoms with E-state index >= 15 is 0 Å². The fraction of sp³-hybridized carbons (Fsp3) is 0.200. The Bertz CT molecular complexity index is 674.